The summed E-state index contributed by atoms with van der Waals surface area (Å²) >= 11 is 0. The molecule has 13 heteroatoms. The lowest BCUT2D eigenvalue weighted by Crippen LogP contribution is -2.62. The Morgan fingerprint density at radius 3 is 2.10 bits per heavy atom. The van der Waals surface area contributed by atoms with Gasteiger partial charge in [0.2, 0.25) is 17.6 Å². The molecule has 1 aromatic rings. The van der Waals surface area contributed by atoms with E-state index in [2.05, 4.69) is 29.8 Å². The number of hydrogen-bond donors (Lipinski definition) is 4. The minimum absolute atomic E-state index is 0.0735. The molecule has 5 N–H and O–H groups in total. The molecule has 2 unspecified atom stereocenters. The summed E-state index contributed by atoms with van der Waals surface area (Å²) in [7, 11) is -1.32. The molecule has 1 aliphatic heterocycles. The summed E-state index contributed by atoms with van der Waals surface area (Å²) in [6.45, 7) is 16.8. The third-order valence-electron chi connectivity index (χ3n) is 11.1. The number of likely N-dealkylation sites (tertiary alicyclic amines) is 1. The molecule has 3 aliphatic rings. The number of primary amides is 1. The largest absolute Gasteiger partial charge is 0.363 e. The maximum Gasteiger partial charge on any atom is 0.315 e. The molecule has 50 heavy (non-hydrogen) atoms. The number of ketones is 1. The lowest BCUT2D eigenvalue weighted by molar-refractivity contribution is -0.145. The zero-order valence-electron chi connectivity index (χ0n) is 31.2. The maximum atomic E-state index is 14.4. The van der Waals surface area contributed by atoms with E-state index in [0.29, 0.717) is 26.1 Å². The van der Waals surface area contributed by atoms with Crippen LogP contribution in [0.15, 0.2) is 30.3 Å². The van der Waals surface area contributed by atoms with Gasteiger partial charge in [-0.15, -0.1) is 0 Å². The van der Waals surface area contributed by atoms with Crippen molar-refractivity contribution in [3.05, 3.63) is 35.9 Å². The first kappa shape index (κ1) is 39.5. The molecule has 0 spiro atoms. The van der Waals surface area contributed by atoms with Crippen molar-refractivity contribution in [1.82, 2.24) is 25.2 Å². The number of piperidine rings is 1. The van der Waals surface area contributed by atoms with Crippen molar-refractivity contribution >= 4 is 40.5 Å². The van der Waals surface area contributed by atoms with Gasteiger partial charge in [0.05, 0.1) is 17.0 Å². The van der Waals surface area contributed by atoms with E-state index in [9.17, 15) is 28.2 Å². The SMILES string of the molecule is CS(=O)N(Cc1ccccc1)C[C@@H](NC(=O)N[C@H](C(=O)N1C[C@H]2[C@@H]([C@H]1C(=O)NC(CC1CCC1)C(=O)C(N)=O)C2(C)C)C(C)(C)C)C(C)(C)C. The second kappa shape index (κ2) is 15.1. The molecule has 1 heterocycles. The number of urea groups is 1. The first-order valence-corrected chi connectivity index (χ1v) is 19.3. The molecule has 7 atom stereocenters. The summed E-state index contributed by atoms with van der Waals surface area (Å²) in [5, 5.41) is 8.80. The Morgan fingerprint density at radius 2 is 1.60 bits per heavy atom. The summed E-state index contributed by atoms with van der Waals surface area (Å²) in [6, 6.07) is 5.84. The molecule has 1 saturated heterocycles. The standard InChI is InChI=1S/C37H58N6O6S/c1-35(2,3)26(21-42(50(9)49)19-23-14-11-10-12-15-23)40-34(48)41-30(36(4,5)6)33(47)43-20-24-27(37(24,7)8)28(43)32(46)39-25(29(44)31(38)45)18-22-16-13-17-22/h10-12,14-15,22,24-28,30H,13,16-21H2,1-9H3,(H2,38,45)(H,39,46)(H2,40,41,48)/t24-,25?,26+,27-,28-,30+,50?/m0/s1. The fraction of sp³-hybridized carbons (Fsp3) is 0.703. The topological polar surface area (TPSA) is 171 Å². The Bertz CT molecular complexity index is 1470. The van der Waals surface area contributed by atoms with Crippen LogP contribution in [0, 0.1) is 34.0 Å². The number of fused-ring (bicyclic) bond motifs is 1. The zero-order valence-corrected chi connectivity index (χ0v) is 32.0. The van der Waals surface area contributed by atoms with Gasteiger partial charge in [0, 0.05) is 31.9 Å². The molecule has 1 aromatic carbocycles. The van der Waals surface area contributed by atoms with E-state index in [-0.39, 0.29) is 29.1 Å². The van der Waals surface area contributed by atoms with Crippen LogP contribution in [0.25, 0.3) is 0 Å². The van der Waals surface area contributed by atoms with Crippen LogP contribution in [0.3, 0.4) is 0 Å². The molecule has 5 amide bonds. The second-order valence-electron chi connectivity index (χ2n) is 17.3. The Kier molecular flexibility index (Phi) is 11.9. The minimum atomic E-state index is -1.32. The van der Waals surface area contributed by atoms with Gasteiger partial charge >= 0.3 is 6.03 Å². The van der Waals surface area contributed by atoms with Crippen LogP contribution in [0.5, 0.6) is 0 Å². The number of nitrogens with zero attached hydrogens (tertiary/aromatic N) is 2. The molecule has 278 valence electrons. The first-order chi connectivity index (χ1) is 23.1. The van der Waals surface area contributed by atoms with Gasteiger partial charge in [0.15, 0.2) is 0 Å². The molecule has 12 nitrogen and oxygen atoms in total. The van der Waals surface area contributed by atoms with E-state index in [0.717, 1.165) is 24.8 Å². The van der Waals surface area contributed by atoms with Crippen molar-refractivity contribution in [2.24, 2.45) is 39.7 Å². The van der Waals surface area contributed by atoms with Gasteiger partial charge in [0.25, 0.3) is 5.91 Å². The highest BCUT2D eigenvalue weighted by Gasteiger charge is 2.70. The number of nitrogens with two attached hydrogens (primary N) is 1. The van der Waals surface area contributed by atoms with Gasteiger partial charge < -0.3 is 26.6 Å². The van der Waals surface area contributed by atoms with Crippen LogP contribution >= 0.6 is 0 Å². The second-order valence-corrected chi connectivity index (χ2v) is 18.6. The van der Waals surface area contributed by atoms with E-state index in [4.69, 9.17) is 5.73 Å². The summed E-state index contributed by atoms with van der Waals surface area (Å²) in [5.74, 6) is -2.63. The number of amides is 5. The number of Topliss-reactive ketones (excluding diaryl/α,β-unsaturated/α-hetero) is 1. The number of benzene rings is 1. The van der Waals surface area contributed by atoms with Gasteiger partial charge in [-0.3, -0.25) is 19.2 Å². The quantitative estimate of drug-likeness (QED) is 0.216. The third-order valence-corrected chi connectivity index (χ3v) is 12.1. The van der Waals surface area contributed by atoms with Crippen molar-refractivity contribution in [3.63, 3.8) is 0 Å². The third kappa shape index (κ3) is 9.12. The fourth-order valence-corrected chi connectivity index (χ4v) is 8.16. The molecule has 0 aromatic heterocycles. The van der Waals surface area contributed by atoms with Crippen LogP contribution in [0.4, 0.5) is 4.79 Å². The fourth-order valence-electron chi connectivity index (χ4n) is 7.47. The van der Waals surface area contributed by atoms with E-state index in [1.807, 2.05) is 71.9 Å². The van der Waals surface area contributed by atoms with Crippen LogP contribution in [-0.2, 0) is 36.7 Å². The Morgan fingerprint density at radius 1 is 0.980 bits per heavy atom. The van der Waals surface area contributed by atoms with E-state index in [1.165, 1.54) is 0 Å². The highest BCUT2D eigenvalue weighted by Crippen LogP contribution is 2.65. The van der Waals surface area contributed by atoms with Gasteiger partial charge in [-0.05, 0) is 46.0 Å². The lowest BCUT2D eigenvalue weighted by atomic mass is 9.80. The lowest BCUT2D eigenvalue weighted by Gasteiger charge is -2.39. The number of hydrogen-bond acceptors (Lipinski definition) is 6. The van der Waals surface area contributed by atoms with Crippen LogP contribution in [0.2, 0.25) is 0 Å². The average Bonchev–Trinajstić information content (AvgIpc) is 3.30. The molecule has 2 saturated carbocycles. The monoisotopic (exact) mass is 714 g/mol. The summed E-state index contributed by atoms with van der Waals surface area (Å²) in [6.07, 6.45) is 4.83. The van der Waals surface area contributed by atoms with Crippen LogP contribution in [0.1, 0.15) is 86.6 Å². The van der Waals surface area contributed by atoms with Crippen molar-refractivity contribution in [1.29, 1.82) is 0 Å². The molecular formula is C37H58N6O6S. The van der Waals surface area contributed by atoms with Crippen molar-refractivity contribution < 1.29 is 28.2 Å². The zero-order chi connectivity index (χ0) is 37.3. The van der Waals surface area contributed by atoms with Crippen molar-refractivity contribution in [2.75, 3.05) is 19.3 Å². The Labute approximate surface area is 300 Å². The maximum absolute atomic E-state index is 14.4. The number of rotatable bonds is 14. The van der Waals surface area contributed by atoms with Gasteiger partial charge in [-0.25, -0.2) is 13.3 Å². The van der Waals surface area contributed by atoms with Crippen molar-refractivity contribution in [3.8, 4) is 0 Å². The van der Waals surface area contributed by atoms with Gasteiger partial charge in [0.1, 0.15) is 12.1 Å². The number of nitrogens with one attached hydrogen (secondary N) is 3. The minimum Gasteiger partial charge on any atom is -0.363 e. The van der Waals surface area contributed by atoms with Gasteiger partial charge in [-0.2, -0.15) is 0 Å². The van der Waals surface area contributed by atoms with E-state index in [1.54, 1.807) is 15.5 Å². The van der Waals surface area contributed by atoms with E-state index < -0.39 is 69.6 Å². The number of carbonyl (C=O) groups excluding carboxylic acids is 5. The molecular weight excluding hydrogens is 657 g/mol. The Balaban J connectivity index is 1.52. The smallest absolute Gasteiger partial charge is 0.315 e. The predicted molar refractivity (Wildman–Crippen MR) is 193 cm³/mol. The highest BCUT2D eigenvalue weighted by molar-refractivity contribution is 7.81. The predicted octanol–water partition coefficient (Wildman–Crippen LogP) is 3.12. The number of carbonyl (C=O) groups is 5. The Hall–Kier alpha value is -3.32. The summed E-state index contributed by atoms with van der Waals surface area (Å²) in [5.41, 5.74) is 5.02. The summed E-state index contributed by atoms with van der Waals surface area (Å²) in [4.78, 5) is 68.4. The summed E-state index contributed by atoms with van der Waals surface area (Å²) < 4.78 is 14.6. The van der Waals surface area contributed by atoms with E-state index >= 15 is 0 Å². The van der Waals surface area contributed by atoms with Crippen molar-refractivity contribution in [2.45, 2.75) is 112 Å². The average molecular weight is 715 g/mol. The highest BCUT2D eigenvalue weighted by atomic mass is 32.2. The molecule has 0 radical (unpaired) electrons. The molecule has 3 fully saturated rings. The van der Waals surface area contributed by atoms with Crippen LogP contribution in [-0.4, -0.2) is 86.5 Å². The normalized spacial score (nSPS) is 23.9. The van der Waals surface area contributed by atoms with Crippen LogP contribution < -0.4 is 21.7 Å². The molecule has 2 aliphatic carbocycles. The molecule has 0 bridgehead atoms. The molecule has 4 rings (SSSR count). The first-order valence-electron chi connectivity index (χ1n) is 17.8. The van der Waals surface area contributed by atoms with Gasteiger partial charge in [-0.1, -0.05) is 105 Å².